The molecular weight excluding hydrogens is 143 g/mol. The number of carboxylic acid groups (broad SMARTS) is 1. The molecule has 0 bridgehead atoms. The Hall–Kier alpha value is -1.03. The molecule has 0 aromatic heterocycles. The van der Waals surface area contributed by atoms with Gasteiger partial charge in [0.15, 0.2) is 0 Å². The summed E-state index contributed by atoms with van der Waals surface area (Å²) in [5.74, 6) is -1.34. The average Bonchev–Trinajstić information content (AvgIpc) is 2.05. The summed E-state index contributed by atoms with van der Waals surface area (Å²) in [5, 5.41) is 17.1. The van der Waals surface area contributed by atoms with Crippen molar-refractivity contribution in [1.29, 1.82) is 0 Å². The molecule has 3 nitrogen and oxygen atoms in total. The lowest BCUT2D eigenvalue weighted by Gasteiger charge is -2.09. The van der Waals surface area contributed by atoms with Gasteiger partial charge in [0.1, 0.15) is 0 Å². The summed E-state index contributed by atoms with van der Waals surface area (Å²) in [6, 6.07) is 0. The molecule has 1 aliphatic carbocycles. The van der Waals surface area contributed by atoms with E-state index in [0.29, 0.717) is 11.9 Å². The van der Waals surface area contributed by atoms with Crippen LogP contribution in [0, 0.1) is 5.92 Å². The maximum Gasteiger partial charge on any atom is 0.326 e. The van der Waals surface area contributed by atoms with Gasteiger partial charge < -0.3 is 10.1 Å². The van der Waals surface area contributed by atoms with Crippen LogP contribution >= 0.6 is 0 Å². The van der Waals surface area contributed by atoms with E-state index in [1.54, 1.807) is 12.2 Å². The van der Waals surface area contributed by atoms with Gasteiger partial charge in [-0.1, -0.05) is 23.7 Å². The maximum atomic E-state index is 10.4. The Morgan fingerprint density at radius 3 is 3.00 bits per heavy atom. The van der Waals surface area contributed by atoms with Crippen LogP contribution in [0.25, 0.3) is 0 Å². The van der Waals surface area contributed by atoms with Crippen molar-refractivity contribution in [2.24, 2.45) is 5.92 Å². The zero-order chi connectivity index (χ0) is 8.27. The summed E-state index contributed by atoms with van der Waals surface area (Å²) >= 11 is 0. The van der Waals surface area contributed by atoms with Gasteiger partial charge in [0.05, 0.1) is 5.92 Å². The number of carbonyl (C=O) groups is 1. The van der Waals surface area contributed by atoms with Gasteiger partial charge in [-0.05, 0) is 6.42 Å². The lowest BCUT2D eigenvalue weighted by atomic mass is 9.81. The highest BCUT2D eigenvalue weighted by atomic mass is 16.4. The fraction of sp³-hybridized carbons (Fsp3) is 0.286. The van der Waals surface area contributed by atoms with Crippen LogP contribution in [0.15, 0.2) is 23.7 Å². The molecule has 0 aromatic rings. The lowest BCUT2D eigenvalue weighted by molar-refractivity contribution is -0.139. The molecular formula is C7H8BO3. The Bertz CT molecular complexity index is 220. The smallest absolute Gasteiger partial charge is 0.326 e. The normalized spacial score (nSPS) is 22.6. The molecule has 0 saturated heterocycles. The Labute approximate surface area is 65.3 Å². The van der Waals surface area contributed by atoms with Gasteiger partial charge in [0.2, 0.25) is 0 Å². The second kappa shape index (κ2) is 3.39. The topological polar surface area (TPSA) is 57.5 Å². The number of hydrogen-bond acceptors (Lipinski definition) is 2. The third kappa shape index (κ3) is 1.95. The van der Waals surface area contributed by atoms with E-state index >= 15 is 0 Å². The van der Waals surface area contributed by atoms with E-state index in [2.05, 4.69) is 0 Å². The Kier molecular flexibility index (Phi) is 2.49. The Morgan fingerprint density at radius 2 is 2.45 bits per heavy atom. The van der Waals surface area contributed by atoms with Gasteiger partial charge in [0, 0.05) is 0 Å². The third-order valence-electron chi connectivity index (χ3n) is 1.56. The minimum atomic E-state index is -0.853. The van der Waals surface area contributed by atoms with Crippen LogP contribution in [0.4, 0.5) is 0 Å². The summed E-state index contributed by atoms with van der Waals surface area (Å²) in [6.45, 7) is 0. The second-order valence-electron chi connectivity index (χ2n) is 2.38. The molecule has 11 heavy (non-hydrogen) atoms. The number of allylic oxidation sites excluding steroid dienone is 3. The van der Waals surface area contributed by atoms with Crippen molar-refractivity contribution in [3.05, 3.63) is 23.7 Å². The molecule has 0 aliphatic heterocycles. The van der Waals surface area contributed by atoms with Gasteiger partial charge in [-0.2, -0.15) is 0 Å². The van der Waals surface area contributed by atoms with Gasteiger partial charge in [0.25, 0.3) is 0 Å². The molecule has 1 rings (SSSR count). The van der Waals surface area contributed by atoms with Crippen molar-refractivity contribution in [2.75, 3.05) is 0 Å². The summed E-state index contributed by atoms with van der Waals surface area (Å²) in [5.41, 5.74) is 0.559. The SMILES string of the molecule is O=C(O)C1C=C([B]O)C=CC1. The van der Waals surface area contributed by atoms with Crippen LogP contribution in [0.3, 0.4) is 0 Å². The van der Waals surface area contributed by atoms with E-state index in [1.165, 1.54) is 6.08 Å². The van der Waals surface area contributed by atoms with Crippen LogP contribution < -0.4 is 0 Å². The highest BCUT2D eigenvalue weighted by Gasteiger charge is 2.15. The van der Waals surface area contributed by atoms with E-state index in [1.807, 2.05) is 0 Å². The molecule has 2 N–H and O–H groups in total. The van der Waals surface area contributed by atoms with Crippen LogP contribution in [0.2, 0.25) is 0 Å². The standard InChI is InChI=1S/C7H8BO3/c9-7(10)5-2-1-3-6(4-5)8-11/h1,3-5,11H,2H2,(H,9,10). The summed E-state index contributed by atoms with van der Waals surface area (Å²) < 4.78 is 0. The lowest BCUT2D eigenvalue weighted by Crippen LogP contribution is -2.13. The minimum absolute atomic E-state index is 0.488. The maximum absolute atomic E-state index is 10.4. The monoisotopic (exact) mass is 151 g/mol. The highest BCUT2D eigenvalue weighted by molar-refractivity contribution is 6.37. The Balaban J connectivity index is 2.68. The summed E-state index contributed by atoms with van der Waals surface area (Å²) in [7, 11) is 0.908. The molecule has 0 saturated carbocycles. The molecule has 0 heterocycles. The molecule has 1 aliphatic rings. The average molecular weight is 151 g/mol. The van der Waals surface area contributed by atoms with E-state index in [9.17, 15) is 4.79 Å². The van der Waals surface area contributed by atoms with Crippen molar-refractivity contribution >= 4 is 13.5 Å². The summed E-state index contributed by atoms with van der Waals surface area (Å²) in [4.78, 5) is 10.4. The Morgan fingerprint density at radius 1 is 1.73 bits per heavy atom. The van der Waals surface area contributed by atoms with Gasteiger partial charge in [-0.25, -0.2) is 0 Å². The second-order valence-corrected chi connectivity index (χ2v) is 2.38. The van der Waals surface area contributed by atoms with Crippen molar-refractivity contribution in [1.82, 2.24) is 0 Å². The first kappa shape index (κ1) is 8.08. The number of hydrogen-bond donors (Lipinski definition) is 2. The van der Waals surface area contributed by atoms with Crippen LogP contribution in [-0.4, -0.2) is 23.6 Å². The van der Waals surface area contributed by atoms with E-state index < -0.39 is 11.9 Å². The van der Waals surface area contributed by atoms with Crippen LogP contribution in [-0.2, 0) is 4.79 Å². The van der Waals surface area contributed by atoms with Gasteiger partial charge >= 0.3 is 13.5 Å². The number of aliphatic carboxylic acids is 1. The first-order chi connectivity index (χ1) is 5.24. The third-order valence-corrected chi connectivity index (χ3v) is 1.56. The van der Waals surface area contributed by atoms with E-state index in [0.717, 1.165) is 7.48 Å². The molecule has 4 heteroatoms. The van der Waals surface area contributed by atoms with Gasteiger partial charge in [-0.3, -0.25) is 4.79 Å². The molecule has 1 radical (unpaired) electrons. The molecule has 57 valence electrons. The molecule has 0 aromatic carbocycles. The van der Waals surface area contributed by atoms with Gasteiger partial charge in [-0.15, -0.1) is 0 Å². The number of carboxylic acids is 1. The molecule has 1 atom stereocenters. The largest absolute Gasteiger partial charge is 0.481 e. The zero-order valence-corrected chi connectivity index (χ0v) is 5.90. The molecule has 1 unspecified atom stereocenters. The predicted molar refractivity (Wildman–Crippen MR) is 40.9 cm³/mol. The fourth-order valence-electron chi connectivity index (χ4n) is 0.965. The van der Waals surface area contributed by atoms with Crippen molar-refractivity contribution in [3.8, 4) is 0 Å². The van der Waals surface area contributed by atoms with Crippen LogP contribution in [0.5, 0.6) is 0 Å². The van der Waals surface area contributed by atoms with E-state index in [-0.39, 0.29) is 0 Å². The van der Waals surface area contributed by atoms with Crippen molar-refractivity contribution in [2.45, 2.75) is 6.42 Å². The first-order valence-electron chi connectivity index (χ1n) is 3.32. The summed E-state index contributed by atoms with van der Waals surface area (Å²) in [6.07, 6.45) is 5.47. The van der Waals surface area contributed by atoms with E-state index in [4.69, 9.17) is 10.1 Å². The number of rotatable bonds is 2. The van der Waals surface area contributed by atoms with Crippen LogP contribution in [0.1, 0.15) is 6.42 Å². The predicted octanol–water partition coefficient (Wildman–Crippen LogP) is 0.143. The van der Waals surface area contributed by atoms with Crippen molar-refractivity contribution in [3.63, 3.8) is 0 Å². The van der Waals surface area contributed by atoms with Crippen molar-refractivity contribution < 1.29 is 14.9 Å². The minimum Gasteiger partial charge on any atom is -0.481 e. The fourth-order valence-corrected chi connectivity index (χ4v) is 0.965. The first-order valence-corrected chi connectivity index (χ1v) is 3.32. The molecule has 0 spiro atoms. The quantitative estimate of drug-likeness (QED) is 0.552. The zero-order valence-electron chi connectivity index (χ0n) is 5.90. The molecule has 0 amide bonds. The highest BCUT2D eigenvalue weighted by Crippen LogP contribution is 2.15. The molecule has 0 fully saturated rings.